The number of ether oxygens (including phenoxy) is 1. The van der Waals surface area contributed by atoms with Crippen LogP contribution in [0.15, 0.2) is 42.5 Å². The molecule has 4 heteroatoms. The third-order valence-electron chi connectivity index (χ3n) is 4.45. The Hall–Kier alpha value is -2.00. The molecule has 3 rings (SSSR count). The van der Waals surface area contributed by atoms with Crippen molar-refractivity contribution in [2.45, 2.75) is 38.6 Å². The van der Waals surface area contributed by atoms with E-state index < -0.39 is 0 Å². The van der Waals surface area contributed by atoms with Crippen molar-refractivity contribution in [2.24, 2.45) is 0 Å². The Kier molecular flexibility index (Phi) is 5.41. The zero-order valence-corrected chi connectivity index (χ0v) is 14.6. The summed E-state index contributed by atoms with van der Waals surface area (Å²) in [5, 5.41) is 3.49. The van der Waals surface area contributed by atoms with Crippen LogP contribution in [0, 0.1) is 0 Å². The summed E-state index contributed by atoms with van der Waals surface area (Å²) in [6.07, 6.45) is 4.84. The average Bonchev–Trinajstić information content (AvgIpc) is 2.60. The van der Waals surface area contributed by atoms with Crippen LogP contribution >= 0.6 is 11.6 Å². The second-order valence-electron chi connectivity index (χ2n) is 6.24. The van der Waals surface area contributed by atoms with E-state index in [0.717, 1.165) is 12.0 Å². The first kappa shape index (κ1) is 16.8. The van der Waals surface area contributed by atoms with Gasteiger partial charge in [0.05, 0.1) is 11.1 Å². The third kappa shape index (κ3) is 4.09. The van der Waals surface area contributed by atoms with Crippen LogP contribution in [0.4, 0.5) is 0 Å². The summed E-state index contributed by atoms with van der Waals surface area (Å²) in [6, 6.07) is 13.7. The molecule has 2 aromatic carbocycles. The summed E-state index contributed by atoms with van der Waals surface area (Å²) in [5.41, 5.74) is 4.01. The van der Waals surface area contributed by atoms with Gasteiger partial charge in [-0.2, -0.15) is 0 Å². The fourth-order valence-corrected chi connectivity index (χ4v) is 3.28. The Morgan fingerprint density at radius 1 is 1.17 bits per heavy atom. The molecular weight excluding hydrogens is 322 g/mol. The smallest absolute Gasteiger partial charge is 0.258 e. The van der Waals surface area contributed by atoms with Crippen molar-refractivity contribution in [3.05, 3.63) is 64.2 Å². The van der Waals surface area contributed by atoms with Crippen LogP contribution in [-0.4, -0.2) is 12.5 Å². The molecule has 1 aliphatic rings. The maximum atomic E-state index is 12.1. The second kappa shape index (κ2) is 7.71. The summed E-state index contributed by atoms with van der Waals surface area (Å²) < 4.78 is 5.48. The molecule has 0 saturated carbocycles. The quantitative estimate of drug-likeness (QED) is 0.869. The van der Waals surface area contributed by atoms with E-state index in [4.69, 9.17) is 16.3 Å². The Morgan fingerprint density at radius 3 is 2.71 bits per heavy atom. The Bertz CT molecular complexity index is 729. The van der Waals surface area contributed by atoms with Gasteiger partial charge >= 0.3 is 0 Å². The van der Waals surface area contributed by atoms with Crippen molar-refractivity contribution in [2.75, 3.05) is 6.61 Å². The lowest BCUT2D eigenvalue weighted by atomic mass is 9.89. The van der Waals surface area contributed by atoms with Crippen LogP contribution in [0.2, 0.25) is 5.02 Å². The number of aryl methyl sites for hydroxylation is 2. The van der Waals surface area contributed by atoms with E-state index in [-0.39, 0.29) is 18.6 Å². The molecule has 1 amide bonds. The summed E-state index contributed by atoms with van der Waals surface area (Å²) in [7, 11) is 0. The minimum atomic E-state index is -0.153. The lowest BCUT2D eigenvalue weighted by Crippen LogP contribution is -2.31. The molecule has 1 atom stereocenters. The normalized spacial score (nSPS) is 14.6. The van der Waals surface area contributed by atoms with Gasteiger partial charge < -0.3 is 10.1 Å². The van der Waals surface area contributed by atoms with Gasteiger partial charge in [0.15, 0.2) is 6.61 Å². The van der Waals surface area contributed by atoms with Gasteiger partial charge in [0.1, 0.15) is 5.75 Å². The van der Waals surface area contributed by atoms with Crippen LogP contribution in [-0.2, 0) is 17.6 Å². The maximum Gasteiger partial charge on any atom is 0.258 e. The zero-order chi connectivity index (χ0) is 16.9. The second-order valence-corrected chi connectivity index (χ2v) is 6.65. The molecule has 0 heterocycles. The third-order valence-corrected chi connectivity index (χ3v) is 4.76. The van der Waals surface area contributed by atoms with E-state index in [1.807, 2.05) is 19.1 Å². The summed E-state index contributed by atoms with van der Waals surface area (Å²) >= 11 is 6.02. The molecule has 0 aliphatic heterocycles. The highest BCUT2D eigenvalue weighted by molar-refractivity contribution is 6.32. The fraction of sp³-hybridized carbons (Fsp3) is 0.350. The van der Waals surface area contributed by atoms with Crippen LogP contribution in [0.3, 0.4) is 0 Å². The van der Waals surface area contributed by atoms with Gasteiger partial charge in [0, 0.05) is 0 Å². The molecule has 0 unspecified atom stereocenters. The molecule has 126 valence electrons. The number of nitrogens with one attached hydrogen (secondary N) is 1. The molecule has 3 nitrogen and oxygen atoms in total. The SMILES string of the molecule is C[C@H](NC(=O)COc1ccccc1Cl)c1ccc2c(c1)CCCC2. The van der Waals surface area contributed by atoms with Crippen LogP contribution in [0.1, 0.15) is 42.5 Å². The van der Waals surface area contributed by atoms with Crippen molar-refractivity contribution in [1.82, 2.24) is 5.32 Å². The van der Waals surface area contributed by atoms with Crippen molar-refractivity contribution in [1.29, 1.82) is 0 Å². The number of rotatable bonds is 5. The molecule has 2 aromatic rings. The lowest BCUT2D eigenvalue weighted by molar-refractivity contribution is -0.123. The highest BCUT2D eigenvalue weighted by Gasteiger charge is 2.14. The Balaban J connectivity index is 1.57. The number of halogens is 1. The molecule has 24 heavy (non-hydrogen) atoms. The number of hydrogen-bond donors (Lipinski definition) is 1. The average molecular weight is 344 g/mol. The van der Waals surface area contributed by atoms with E-state index in [9.17, 15) is 4.79 Å². The Labute approximate surface area is 148 Å². The first-order valence-electron chi connectivity index (χ1n) is 8.42. The Morgan fingerprint density at radius 2 is 1.92 bits per heavy atom. The van der Waals surface area contributed by atoms with Crippen LogP contribution in [0.25, 0.3) is 0 Å². The zero-order valence-electron chi connectivity index (χ0n) is 13.8. The minimum absolute atomic E-state index is 0.0421. The van der Waals surface area contributed by atoms with Crippen molar-refractivity contribution in [3.63, 3.8) is 0 Å². The van der Waals surface area contributed by atoms with Gasteiger partial charge in [0.25, 0.3) is 5.91 Å². The topological polar surface area (TPSA) is 38.3 Å². The molecule has 0 bridgehead atoms. The molecule has 1 N–H and O–H groups in total. The van der Waals surface area contributed by atoms with Crippen molar-refractivity contribution in [3.8, 4) is 5.75 Å². The van der Waals surface area contributed by atoms with Crippen LogP contribution < -0.4 is 10.1 Å². The molecule has 0 saturated heterocycles. The van der Waals surface area contributed by atoms with Gasteiger partial charge in [0.2, 0.25) is 0 Å². The summed E-state index contributed by atoms with van der Waals surface area (Å²) in [4.78, 5) is 12.1. The fourth-order valence-electron chi connectivity index (χ4n) is 3.09. The number of hydrogen-bond acceptors (Lipinski definition) is 2. The highest BCUT2D eigenvalue weighted by Crippen LogP contribution is 2.25. The predicted octanol–water partition coefficient (Wildman–Crippen LogP) is 4.48. The molecule has 0 radical (unpaired) electrons. The summed E-state index contributed by atoms with van der Waals surface area (Å²) in [5.74, 6) is 0.371. The lowest BCUT2D eigenvalue weighted by Gasteiger charge is -2.20. The molecular formula is C20H22ClNO2. The first-order valence-corrected chi connectivity index (χ1v) is 8.79. The number of carbonyl (C=O) groups is 1. The molecule has 0 aromatic heterocycles. The monoisotopic (exact) mass is 343 g/mol. The number of benzene rings is 2. The minimum Gasteiger partial charge on any atom is -0.482 e. The highest BCUT2D eigenvalue weighted by atomic mass is 35.5. The largest absolute Gasteiger partial charge is 0.482 e. The number of fused-ring (bicyclic) bond motifs is 1. The van der Waals surface area contributed by atoms with Gasteiger partial charge in [-0.05, 0) is 61.4 Å². The van der Waals surface area contributed by atoms with E-state index in [1.165, 1.54) is 30.4 Å². The van der Waals surface area contributed by atoms with Gasteiger partial charge in [-0.25, -0.2) is 0 Å². The number of amides is 1. The van der Waals surface area contributed by atoms with Gasteiger partial charge in [-0.15, -0.1) is 0 Å². The van der Waals surface area contributed by atoms with E-state index in [0.29, 0.717) is 10.8 Å². The number of para-hydroxylation sites is 1. The maximum absolute atomic E-state index is 12.1. The van der Waals surface area contributed by atoms with Crippen molar-refractivity contribution < 1.29 is 9.53 Å². The van der Waals surface area contributed by atoms with Gasteiger partial charge in [-0.1, -0.05) is 41.9 Å². The molecule has 1 aliphatic carbocycles. The van der Waals surface area contributed by atoms with E-state index >= 15 is 0 Å². The van der Waals surface area contributed by atoms with Crippen molar-refractivity contribution >= 4 is 17.5 Å². The van der Waals surface area contributed by atoms with E-state index in [1.54, 1.807) is 12.1 Å². The van der Waals surface area contributed by atoms with Crippen LogP contribution in [0.5, 0.6) is 5.75 Å². The number of carbonyl (C=O) groups excluding carboxylic acids is 1. The standard InChI is InChI=1S/C20H22ClNO2/c1-14(16-11-10-15-6-2-3-7-17(15)12-16)22-20(23)13-24-19-9-5-4-8-18(19)21/h4-5,8-12,14H,2-3,6-7,13H2,1H3,(H,22,23)/t14-/m0/s1. The molecule has 0 spiro atoms. The first-order chi connectivity index (χ1) is 11.6. The van der Waals surface area contributed by atoms with Gasteiger partial charge in [-0.3, -0.25) is 4.79 Å². The predicted molar refractivity (Wildman–Crippen MR) is 96.6 cm³/mol. The van der Waals surface area contributed by atoms with E-state index in [2.05, 4.69) is 23.5 Å². The summed E-state index contributed by atoms with van der Waals surface area (Å²) in [6.45, 7) is 1.96. The molecule has 0 fully saturated rings.